The molecular weight excluding hydrogens is 496 g/mol. The Morgan fingerprint density at radius 2 is 1.29 bits per heavy atom. The van der Waals surface area contributed by atoms with Gasteiger partial charge in [-0.15, -0.1) is 0 Å². The average Bonchev–Trinajstić information content (AvgIpc) is 2.90. The average molecular weight is 549 g/mol. The van der Waals surface area contributed by atoms with E-state index in [1.165, 1.54) is 51.4 Å². The number of aliphatic hydroxyl groups excluding tert-OH is 4. The first-order valence-electron chi connectivity index (χ1n) is 14.6. The topological polar surface area (TPSA) is 152 Å². The van der Waals surface area contributed by atoms with Gasteiger partial charge in [0.25, 0.3) is 0 Å². The van der Waals surface area contributed by atoms with Gasteiger partial charge in [-0.2, -0.15) is 0 Å². The van der Waals surface area contributed by atoms with Gasteiger partial charge in [-0.25, -0.2) is 0 Å². The first-order valence-corrected chi connectivity index (χ1v) is 14.6. The van der Waals surface area contributed by atoms with Crippen LogP contribution in [0.5, 0.6) is 0 Å². The summed E-state index contributed by atoms with van der Waals surface area (Å²) in [6, 6.07) is 0. The van der Waals surface area contributed by atoms with Crippen LogP contribution < -0.4 is 0 Å². The van der Waals surface area contributed by atoms with E-state index in [9.17, 15) is 30.0 Å². The van der Waals surface area contributed by atoms with Gasteiger partial charge in [-0.1, -0.05) is 84.5 Å². The molecule has 0 aromatic rings. The molecule has 1 aliphatic rings. The molecule has 1 heterocycles. The zero-order valence-electron chi connectivity index (χ0n) is 23.4. The van der Waals surface area contributed by atoms with E-state index in [4.69, 9.17) is 18.9 Å². The van der Waals surface area contributed by atoms with Crippen molar-refractivity contribution in [3.63, 3.8) is 0 Å². The van der Waals surface area contributed by atoms with E-state index in [0.29, 0.717) is 12.8 Å². The largest absolute Gasteiger partial charge is 0.462 e. The molecule has 0 bridgehead atoms. The highest BCUT2D eigenvalue weighted by atomic mass is 16.7. The number of hydrogen-bond donors (Lipinski definition) is 4. The molecule has 6 atom stereocenters. The Bertz CT molecular complexity index is 614. The number of unbranched alkanes of at least 4 members (excludes halogenated alkanes) is 11. The second-order valence-electron chi connectivity index (χ2n) is 10.2. The van der Waals surface area contributed by atoms with Gasteiger partial charge in [0.05, 0.1) is 13.2 Å². The molecular formula is C28H52O10. The van der Waals surface area contributed by atoms with Crippen LogP contribution in [0.4, 0.5) is 0 Å². The van der Waals surface area contributed by atoms with Crippen LogP contribution in [-0.2, 0) is 28.5 Å². The van der Waals surface area contributed by atoms with E-state index >= 15 is 0 Å². The zero-order valence-corrected chi connectivity index (χ0v) is 23.4. The van der Waals surface area contributed by atoms with Gasteiger partial charge in [0.15, 0.2) is 12.4 Å². The Labute approximate surface area is 228 Å². The lowest BCUT2D eigenvalue weighted by molar-refractivity contribution is -0.305. The second kappa shape index (κ2) is 21.5. The van der Waals surface area contributed by atoms with Crippen molar-refractivity contribution in [3.8, 4) is 0 Å². The summed E-state index contributed by atoms with van der Waals surface area (Å²) in [6.45, 7) is 2.99. The van der Waals surface area contributed by atoms with Crippen LogP contribution in [0.1, 0.15) is 110 Å². The lowest BCUT2D eigenvalue weighted by Gasteiger charge is -2.39. The summed E-state index contributed by atoms with van der Waals surface area (Å²) >= 11 is 0. The summed E-state index contributed by atoms with van der Waals surface area (Å²) in [7, 11) is 0. The Balaban J connectivity index is 2.36. The second-order valence-corrected chi connectivity index (χ2v) is 10.2. The van der Waals surface area contributed by atoms with Gasteiger partial charge < -0.3 is 39.4 Å². The Kier molecular flexibility index (Phi) is 19.7. The van der Waals surface area contributed by atoms with Gasteiger partial charge in [-0.3, -0.25) is 9.59 Å². The number of ether oxygens (including phenoxy) is 4. The van der Waals surface area contributed by atoms with Crippen molar-refractivity contribution in [2.24, 2.45) is 0 Å². The maximum absolute atomic E-state index is 12.4. The molecule has 1 fully saturated rings. The van der Waals surface area contributed by atoms with Gasteiger partial charge in [0, 0.05) is 12.8 Å². The van der Waals surface area contributed by atoms with E-state index in [1.54, 1.807) is 0 Å². The molecule has 6 unspecified atom stereocenters. The third-order valence-corrected chi connectivity index (χ3v) is 6.71. The highest BCUT2D eigenvalue weighted by Gasteiger charge is 2.44. The molecule has 224 valence electrons. The Morgan fingerprint density at radius 3 is 1.84 bits per heavy atom. The number of hydrogen-bond acceptors (Lipinski definition) is 10. The van der Waals surface area contributed by atoms with Gasteiger partial charge in [-0.05, 0) is 12.8 Å². The molecule has 0 amide bonds. The lowest BCUT2D eigenvalue weighted by atomic mass is 9.99. The summed E-state index contributed by atoms with van der Waals surface area (Å²) in [5.74, 6) is -0.867. The summed E-state index contributed by atoms with van der Waals surface area (Å²) in [5.41, 5.74) is 0. The third-order valence-electron chi connectivity index (χ3n) is 6.71. The molecule has 1 aliphatic heterocycles. The molecule has 0 aliphatic carbocycles. The summed E-state index contributed by atoms with van der Waals surface area (Å²) in [6.07, 6.45) is 7.24. The van der Waals surface area contributed by atoms with E-state index in [0.717, 1.165) is 19.3 Å². The molecule has 0 radical (unpaired) electrons. The molecule has 0 spiro atoms. The SMILES string of the molecule is CCCCCCCCCCCCCCC(=O)OC(COC(=O)CCC)COC1OC(CO)C(O)C(O)C1O. The molecule has 4 N–H and O–H groups in total. The molecule has 0 saturated carbocycles. The molecule has 38 heavy (non-hydrogen) atoms. The molecule has 1 saturated heterocycles. The van der Waals surface area contributed by atoms with Gasteiger partial charge in [0.2, 0.25) is 0 Å². The quantitative estimate of drug-likeness (QED) is 0.117. The van der Waals surface area contributed by atoms with Crippen molar-refractivity contribution in [2.45, 2.75) is 147 Å². The van der Waals surface area contributed by atoms with Gasteiger partial charge in [0.1, 0.15) is 31.0 Å². The maximum atomic E-state index is 12.4. The van der Waals surface area contributed by atoms with Crippen LogP contribution in [0.2, 0.25) is 0 Å². The fourth-order valence-corrected chi connectivity index (χ4v) is 4.34. The first-order chi connectivity index (χ1) is 18.3. The van der Waals surface area contributed by atoms with Crippen LogP contribution in [0.25, 0.3) is 0 Å². The van der Waals surface area contributed by atoms with Crippen LogP contribution in [0.15, 0.2) is 0 Å². The Hall–Kier alpha value is -1.30. The highest BCUT2D eigenvalue weighted by Crippen LogP contribution is 2.22. The Morgan fingerprint density at radius 1 is 0.711 bits per heavy atom. The summed E-state index contributed by atoms with van der Waals surface area (Å²) < 4.78 is 21.5. The minimum Gasteiger partial charge on any atom is -0.462 e. The summed E-state index contributed by atoms with van der Waals surface area (Å²) in [5, 5.41) is 39.3. The molecule has 1 rings (SSSR count). The van der Waals surface area contributed by atoms with Crippen molar-refractivity contribution in [3.05, 3.63) is 0 Å². The van der Waals surface area contributed by atoms with E-state index in [1.807, 2.05) is 6.92 Å². The molecule has 0 aromatic carbocycles. The fraction of sp³-hybridized carbons (Fsp3) is 0.929. The fourth-order valence-electron chi connectivity index (χ4n) is 4.34. The molecule has 10 heteroatoms. The predicted molar refractivity (Wildman–Crippen MR) is 141 cm³/mol. The third kappa shape index (κ3) is 14.7. The number of rotatable bonds is 22. The van der Waals surface area contributed by atoms with Gasteiger partial charge >= 0.3 is 11.9 Å². The highest BCUT2D eigenvalue weighted by molar-refractivity contribution is 5.70. The normalized spacial score (nSPS) is 24.2. The van der Waals surface area contributed by atoms with E-state index in [-0.39, 0.29) is 26.1 Å². The van der Waals surface area contributed by atoms with Crippen molar-refractivity contribution in [2.75, 3.05) is 19.8 Å². The molecule has 0 aromatic heterocycles. The van der Waals surface area contributed by atoms with Crippen molar-refractivity contribution >= 4 is 11.9 Å². The standard InChI is InChI=1S/C28H52O10/c1-3-5-6-7-8-9-10-11-12-13-14-15-17-24(31)37-21(19-35-23(30)16-4-2)20-36-28-27(34)26(33)25(32)22(18-29)38-28/h21-22,25-29,32-34H,3-20H2,1-2H3. The first kappa shape index (κ1) is 34.7. The summed E-state index contributed by atoms with van der Waals surface area (Å²) in [4.78, 5) is 24.2. The predicted octanol–water partition coefficient (Wildman–Crippen LogP) is 3.15. The number of carbonyl (C=O) groups excluding carboxylic acids is 2. The van der Waals surface area contributed by atoms with Crippen LogP contribution >= 0.6 is 0 Å². The monoisotopic (exact) mass is 548 g/mol. The maximum Gasteiger partial charge on any atom is 0.306 e. The van der Waals surface area contributed by atoms with Crippen molar-refractivity contribution < 1.29 is 49.0 Å². The molecule has 10 nitrogen and oxygen atoms in total. The number of esters is 2. The van der Waals surface area contributed by atoms with Crippen LogP contribution in [-0.4, -0.2) is 89.0 Å². The zero-order chi connectivity index (χ0) is 28.2. The number of aliphatic hydroxyl groups is 4. The van der Waals surface area contributed by atoms with Crippen molar-refractivity contribution in [1.82, 2.24) is 0 Å². The van der Waals surface area contributed by atoms with Crippen LogP contribution in [0.3, 0.4) is 0 Å². The van der Waals surface area contributed by atoms with Crippen LogP contribution in [0, 0.1) is 0 Å². The minimum absolute atomic E-state index is 0.222. The van der Waals surface area contributed by atoms with Crippen molar-refractivity contribution in [1.29, 1.82) is 0 Å². The van der Waals surface area contributed by atoms with E-state index in [2.05, 4.69) is 6.92 Å². The minimum atomic E-state index is -1.58. The smallest absolute Gasteiger partial charge is 0.306 e. The number of carbonyl (C=O) groups is 2. The van der Waals surface area contributed by atoms with E-state index < -0.39 is 55.4 Å². The lowest BCUT2D eigenvalue weighted by Crippen LogP contribution is -2.59.